The average Bonchev–Trinajstić information content (AvgIpc) is 2.88. The minimum atomic E-state index is -0.0131. The van der Waals surface area contributed by atoms with E-state index in [0.29, 0.717) is 17.1 Å². The molecule has 2 aromatic rings. The number of amides is 1. The summed E-state index contributed by atoms with van der Waals surface area (Å²) in [6, 6.07) is 5.76. The molecule has 0 atom stereocenters. The number of anilines is 1. The minimum Gasteiger partial charge on any atom is -0.397 e. The van der Waals surface area contributed by atoms with E-state index in [2.05, 4.69) is 0 Å². The van der Waals surface area contributed by atoms with Gasteiger partial charge in [0.25, 0.3) is 5.91 Å². The van der Waals surface area contributed by atoms with Crippen LogP contribution in [0.2, 0.25) is 0 Å². The Bertz CT molecular complexity index is 476. The van der Waals surface area contributed by atoms with Gasteiger partial charge in [0, 0.05) is 11.9 Å². The number of carbonyl (C=O) groups excluding carboxylic acids is 1. The van der Waals surface area contributed by atoms with E-state index >= 15 is 0 Å². The van der Waals surface area contributed by atoms with Crippen molar-refractivity contribution in [1.29, 1.82) is 0 Å². The SMILES string of the molecule is CN(Cc1cccs1)C(=O)c1sccc1N. The number of nitrogens with zero attached hydrogens (tertiary/aromatic N) is 1. The molecule has 2 heterocycles. The topological polar surface area (TPSA) is 46.3 Å². The lowest BCUT2D eigenvalue weighted by atomic mass is 10.3. The molecule has 2 aromatic heterocycles. The van der Waals surface area contributed by atoms with Gasteiger partial charge in [0.1, 0.15) is 4.88 Å². The maximum absolute atomic E-state index is 12.0. The van der Waals surface area contributed by atoms with E-state index in [9.17, 15) is 4.79 Å². The summed E-state index contributed by atoms with van der Waals surface area (Å²) in [6.45, 7) is 0.633. The molecule has 0 aliphatic rings. The fourth-order valence-corrected chi connectivity index (χ4v) is 2.94. The number of hydrogen-bond acceptors (Lipinski definition) is 4. The third-order valence-corrected chi connectivity index (χ3v) is 3.99. The molecule has 0 saturated carbocycles. The quantitative estimate of drug-likeness (QED) is 0.913. The van der Waals surface area contributed by atoms with E-state index < -0.39 is 0 Å². The van der Waals surface area contributed by atoms with Crippen molar-refractivity contribution in [3.05, 3.63) is 38.7 Å². The average molecular weight is 252 g/mol. The Hall–Kier alpha value is -1.33. The summed E-state index contributed by atoms with van der Waals surface area (Å²) in [5, 5.41) is 3.84. The minimum absolute atomic E-state index is 0.0131. The van der Waals surface area contributed by atoms with Gasteiger partial charge in [-0.1, -0.05) is 6.07 Å². The van der Waals surface area contributed by atoms with Gasteiger partial charge in [-0.25, -0.2) is 0 Å². The van der Waals surface area contributed by atoms with Crippen molar-refractivity contribution in [2.45, 2.75) is 6.54 Å². The highest BCUT2D eigenvalue weighted by Crippen LogP contribution is 2.21. The first-order valence-electron chi connectivity index (χ1n) is 4.79. The van der Waals surface area contributed by atoms with Gasteiger partial charge < -0.3 is 10.6 Å². The molecule has 0 aliphatic heterocycles. The smallest absolute Gasteiger partial charge is 0.266 e. The molecule has 0 saturated heterocycles. The number of rotatable bonds is 3. The van der Waals surface area contributed by atoms with Crippen molar-refractivity contribution >= 4 is 34.3 Å². The van der Waals surface area contributed by atoms with Crippen molar-refractivity contribution in [3.8, 4) is 0 Å². The van der Waals surface area contributed by atoms with Crippen LogP contribution in [0.4, 0.5) is 5.69 Å². The zero-order valence-electron chi connectivity index (χ0n) is 8.84. The second-order valence-electron chi connectivity index (χ2n) is 3.45. The van der Waals surface area contributed by atoms with E-state index in [1.165, 1.54) is 16.2 Å². The first-order valence-corrected chi connectivity index (χ1v) is 6.55. The fourth-order valence-electron chi connectivity index (χ4n) is 1.37. The number of hydrogen-bond donors (Lipinski definition) is 1. The standard InChI is InChI=1S/C11H12N2OS2/c1-13(7-8-3-2-5-15-8)11(14)10-9(12)4-6-16-10/h2-6H,7,12H2,1H3. The van der Waals surface area contributed by atoms with E-state index in [-0.39, 0.29) is 5.91 Å². The van der Waals surface area contributed by atoms with Crippen molar-refractivity contribution in [1.82, 2.24) is 4.90 Å². The molecule has 0 spiro atoms. The molecule has 2 N–H and O–H groups in total. The lowest BCUT2D eigenvalue weighted by Crippen LogP contribution is -2.25. The van der Waals surface area contributed by atoms with Crippen molar-refractivity contribution in [3.63, 3.8) is 0 Å². The fraction of sp³-hybridized carbons (Fsp3) is 0.182. The van der Waals surface area contributed by atoms with Gasteiger partial charge in [-0.3, -0.25) is 4.79 Å². The summed E-state index contributed by atoms with van der Waals surface area (Å²) in [4.78, 5) is 15.5. The summed E-state index contributed by atoms with van der Waals surface area (Å²) in [6.07, 6.45) is 0. The van der Waals surface area contributed by atoms with Gasteiger partial charge >= 0.3 is 0 Å². The summed E-state index contributed by atoms with van der Waals surface area (Å²) in [7, 11) is 1.79. The number of thiophene rings is 2. The first kappa shape index (κ1) is 11.2. The second-order valence-corrected chi connectivity index (χ2v) is 5.39. The Kier molecular flexibility index (Phi) is 3.26. The summed E-state index contributed by atoms with van der Waals surface area (Å²) in [5.41, 5.74) is 6.28. The van der Waals surface area contributed by atoms with Crippen LogP contribution in [0.15, 0.2) is 29.0 Å². The molecule has 0 fully saturated rings. The molecule has 5 heteroatoms. The van der Waals surface area contributed by atoms with Crippen molar-refractivity contribution in [2.24, 2.45) is 0 Å². The highest BCUT2D eigenvalue weighted by Gasteiger charge is 2.16. The molecule has 1 amide bonds. The first-order chi connectivity index (χ1) is 7.68. The number of nitrogens with two attached hydrogens (primary N) is 1. The van der Waals surface area contributed by atoms with Gasteiger partial charge in [0.05, 0.1) is 12.2 Å². The summed E-state index contributed by atoms with van der Waals surface area (Å²) < 4.78 is 0. The zero-order chi connectivity index (χ0) is 11.5. The van der Waals surface area contributed by atoms with Crippen LogP contribution >= 0.6 is 22.7 Å². The van der Waals surface area contributed by atoms with Crippen LogP contribution in [0.1, 0.15) is 14.5 Å². The Balaban J connectivity index is 2.08. The maximum Gasteiger partial charge on any atom is 0.266 e. The molecule has 0 bridgehead atoms. The lowest BCUT2D eigenvalue weighted by Gasteiger charge is -2.15. The summed E-state index contributed by atoms with van der Waals surface area (Å²) in [5.74, 6) is -0.0131. The Morgan fingerprint density at radius 2 is 2.19 bits per heavy atom. The Labute approximate surface area is 102 Å². The number of nitrogen functional groups attached to an aromatic ring is 1. The molecule has 0 unspecified atom stereocenters. The molecule has 0 aliphatic carbocycles. The van der Waals surface area contributed by atoms with Crippen molar-refractivity contribution < 1.29 is 4.79 Å². The van der Waals surface area contributed by atoms with Gasteiger partial charge in [0.15, 0.2) is 0 Å². The molecular weight excluding hydrogens is 240 g/mol. The molecule has 16 heavy (non-hydrogen) atoms. The Morgan fingerprint density at radius 3 is 2.75 bits per heavy atom. The summed E-state index contributed by atoms with van der Waals surface area (Å²) >= 11 is 3.03. The van der Waals surface area contributed by atoms with Crippen LogP contribution in [-0.2, 0) is 6.54 Å². The third-order valence-electron chi connectivity index (χ3n) is 2.21. The molecule has 2 rings (SSSR count). The molecule has 0 radical (unpaired) electrons. The van der Waals surface area contributed by atoms with Crippen LogP contribution in [0.5, 0.6) is 0 Å². The van der Waals surface area contributed by atoms with Gasteiger partial charge in [0.2, 0.25) is 0 Å². The van der Waals surface area contributed by atoms with Crippen LogP contribution < -0.4 is 5.73 Å². The predicted molar refractivity (Wildman–Crippen MR) is 68.8 cm³/mol. The van der Waals surface area contributed by atoms with Gasteiger partial charge in [-0.05, 0) is 22.9 Å². The van der Waals surface area contributed by atoms with Gasteiger partial charge in [-0.2, -0.15) is 0 Å². The van der Waals surface area contributed by atoms with Gasteiger partial charge in [-0.15, -0.1) is 22.7 Å². The monoisotopic (exact) mass is 252 g/mol. The Morgan fingerprint density at radius 1 is 1.38 bits per heavy atom. The van der Waals surface area contributed by atoms with E-state index in [4.69, 9.17) is 5.73 Å². The lowest BCUT2D eigenvalue weighted by molar-refractivity contribution is 0.0792. The normalized spacial score (nSPS) is 10.3. The highest BCUT2D eigenvalue weighted by molar-refractivity contribution is 7.12. The predicted octanol–water partition coefficient (Wildman–Crippen LogP) is 2.66. The van der Waals surface area contributed by atoms with Crippen LogP contribution in [0.25, 0.3) is 0 Å². The molecule has 3 nitrogen and oxygen atoms in total. The molecule has 84 valence electrons. The molecule has 0 aromatic carbocycles. The van der Waals surface area contributed by atoms with Crippen LogP contribution in [0, 0.1) is 0 Å². The van der Waals surface area contributed by atoms with Crippen molar-refractivity contribution in [2.75, 3.05) is 12.8 Å². The van der Waals surface area contributed by atoms with E-state index in [1.807, 2.05) is 22.9 Å². The van der Waals surface area contributed by atoms with Crippen LogP contribution in [0.3, 0.4) is 0 Å². The largest absolute Gasteiger partial charge is 0.397 e. The van der Waals surface area contributed by atoms with E-state index in [0.717, 1.165) is 0 Å². The highest BCUT2D eigenvalue weighted by atomic mass is 32.1. The van der Waals surface area contributed by atoms with Crippen LogP contribution in [-0.4, -0.2) is 17.9 Å². The maximum atomic E-state index is 12.0. The number of carbonyl (C=O) groups is 1. The second kappa shape index (κ2) is 4.67. The van der Waals surface area contributed by atoms with E-state index in [1.54, 1.807) is 29.4 Å². The zero-order valence-corrected chi connectivity index (χ0v) is 10.5. The third kappa shape index (κ3) is 2.25. The molecular formula is C11H12N2OS2.